The Morgan fingerprint density at radius 3 is 2.88 bits per heavy atom. The van der Waals surface area contributed by atoms with Crippen LogP contribution >= 0.6 is 0 Å². The summed E-state index contributed by atoms with van der Waals surface area (Å²) in [5, 5.41) is 3.73. The molecule has 16 heavy (non-hydrogen) atoms. The molecule has 0 amide bonds. The molecule has 0 aromatic rings. The second-order valence-corrected chi connectivity index (χ2v) is 6.10. The summed E-state index contributed by atoms with van der Waals surface area (Å²) in [4.78, 5) is 2.70. The minimum Gasteiger partial charge on any atom is -0.310 e. The molecule has 1 N–H and O–H groups in total. The van der Waals surface area contributed by atoms with Crippen LogP contribution in [0, 0.1) is 5.92 Å². The first kappa shape index (κ1) is 12.4. The maximum absolute atomic E-state index is 3.73. The highest BCUT2D eigenvalue weighted by Gasteiger charge is 2.30. The van der Waals surface area contributed by atoms with Crippen molar-refractivity contribution >= 4 is 0 Å². The molecule has 94 valence electrons. The summed E-state index contributed by atoms with van der Waals surface area (Å²) < 4.78 is 0. The van der Waals surface area contributed by atoms with E-state index in [-0.39, 0.29) is 0 Å². The van der Waals surface area contributed by atoms with Crippen molar-refractivity contribution in [2.75, 3.05) is 26.2 Å². The summed E-state index contributed by atoms with van der Waals surface area (Å²) in [7, 11) is 0. The van der Waals surface area contributed by atoms with Gasteiger partial charge >= 0.3 is 0 Å². The molecule has 0 bridgehead atoms. The quantitative estimate of drug-likeness (QED) is 0.793. The SMILES string of the molecule is CCC1CCCN(CC2(C)CCCCN2)C1. The van der Waals surface area contributed by atoms with Crippen LogP contribution in [0.25, 0.3) is 0 Å². The second-order valence-electron chi connectivity index (χ2n) is 6.10. The Morgan fingerprint density at radius 2 is 2.19 bits per heavy atom. The fraction of sp³-hybridized carbons (Fsp3) is 1.00. The molecule has 2 saturated heterocycles. The lowest BCUT2D eigenvalue weighted by Gasteiger charge is -2.42. The summed E-state index contributed by atoms with van der Waals surface area (Å²) in [6, 6.07) is 0. The van der Waals surface area contributed by atoms with Crippen LogP contribution in [0.5, 0.6) is 0 Å². The number of hydrogen-bond donors (Lipinski definition) is 1. The lowest BCUT2D eigenvalue weighted by atomic mass is 9.88. The van der Waals surface area contributed by atoms with Crippen LogP contribution in [-0.4, -0.2) is 36.6 Å². The van der Waals surface area contributed by atoms with Crippen LogP contribution in [0.15, 0.2) is 0 Å². The van der Waals surface area contributed by atoms with Crippen LogP contribution in [0.2, 0.25) is 0 Å². The zero-order chi connectivity index (χ0) is 11.4. The van der Waals surface area contributed by atoms with E-state index in [1.165, 1.54) is 64.7 Å². The fourth-order valence-corrected chi connectivity index (χ4v) is 3.38. The Morgan fingerprint density at radius 1 is 1.31 bits per heavy atom. The molecule has 0 radical (unpaired) electrons. The van der Waals surface area contributed by atoms with E-state index in [0.29, 0.717) is 5.54 Å². The third kappa shape index (κ3) is 3.21. The molecule has 2 atom stereocenters. The van der Waals surface area contributed by atoms with Crippen molar-refractivity contribution in [2.24, 2.45) is 5.92 Å². The van der Waals surface area contributed by atoms with Crippen LogP contribution in [0.4, 0.5) is 0 Å². The smallest absolute Gasteiger partial charge is 0.0280 e. The molecule has 0 aromatic heterocycles. The third-order valence-corrected chi connectivity index (χ3v) is 4.46. The number of nitrogens with one attached hydrogen (secondary N) is 1. The molecule has 2 rings (SSSR count). The molecule has 2 aliphatic heterocycles. The van der Waals surface area contributed by atoms with Gasteiger partial charge in [0.25, 0.3) is 0 Å². The molecule has 0 aromatic carbocycles. The molecule has 0 saturated carbocycles. The van der Waals surface area contributed by atoms with Crippen LogP contribution in [-0.2, 0) is 0 Å². The van der Waals surface area contributed by atoms with Gasteiger partial charge in [-0.3, -0.25) is 0 Å². The number of likely N-dealkylation sites (tertiary alicyclic amines) is 1. The van der Waals surface area contributed by atoms with Crippen LogP contribution in [0.3, 0.4) is 0 Å². The van der Waals surface area contributed by atoms with E-state index in [1.54, 1.807) is 0 Å². The minimum atomic E-state index is 0.397. The Balaban J connectivity index is 1.83. The zero-order valence-corrected chi connectivity index (χ0v) is 11.1. The maximum Gasteiger partial charge on any atom is 0.0280 e. The van der Waals surface area contributed by atoms with E-state index in [0.717, 1.165) is 5.92 Å². The molecule has 2 nitrogen and oxygen atoms in total. The molecule has 0 aliphatic carbocycles. The standard InChI is InChI=1S/C14H28N2/c1-3-13-7-6-10-16(11-13)12-14(2)8-4-5-9-15-14/h13,15H,3-12H2,1-2H3. The minimum absolute atomic E-state index is 0.397. The van der Waals surface area contributed by atoms with E-state index in [2.05, 4.69) is 24.1 Å². The summed E-state index contributed by atoms with van der Waals surface area (Å²) >= 11 is 0. The van der Waals surface area contributed by atoms with Crippen molar-refractivity contribution in [1.82, 2.24) is 10.2 Å². The van der Waals surface area contributed by atoms with Crippen molar-refractivity contribution in [2.45, 2.75) is 57.9 Å². The normalized spacial score (nSPS) is 37.5. The van der Waals surface area contributed by atoms with Gasteiger partial charge in [0, 0.05) is 18.6 Å². The predicted octanol–water partition coefficient (Wildman–Crippen LogP) is 2.64. The van der Waals surface area contributed by atoms with Crippen molar-refractivity contribution in [3.8, 4) is 0 Å². The second kappa shape index (κ2) is 5.50. The third-order valence-electron chi connectivity index (χ3n) is 4.46. The molecule has 2 heteroatoms. The van der Waals surface area contributed by atoms with Gasteiger partial charge in [-0.15, -0.1) is 0 Å². The summed E-state index contributed by atoms with van der Waals surface area (Å²) in [5.74, 6) is 0.959. The van der Waals surface area contributed by atoms with E-state index >= 15 is 0 Å². The van der Waals surface area contributed by atoms with E-state index in [4.69, 9.17) is 0 Å². The van der Waals surface area contributed by atoms with E-state index < -0.39 is 0 Å². The monoisotopic (exact) mass is 224 g/mol. The van der Waals surface area contributed by atoms with Gasteiger partial charge in [-0.1, -0.05) is 19.8 Å². The largest absolute Gasteiger partial charge is 0.310 e. The molecule has 2 unspecified atom stereocenters. The van der Waals surface area contributed by atoms with Crippen LogP contribution in [0.1, 0.15) is 52.4 Å². The van der Waals surface area contributed by atoms with Gasteiger partial charge in [0.1, 0.15) is 0 Å². The van der Waals surface area contributed by atoms with Gasteiger partial charge in [0.15, 0.2) is 0 Å². The molecular formula is C14H28N2. The molecule has 2 heterocycles. The summed E-state index contributed by atoms with van der Waals surface area (Å²) in [5.41, 5.74) is 0.397. The Kier molecular flexibility index (Phi) is 4.26. The lowest BCUT2D eigenvalue weighted by Crippen LogP contribution is -2.55. The first-order chi connectivity index (χ1) is 7.72. The number of hydrogen-bond acceptors (Lipinski definition) is 2. The highest BCUT2D eigenvalue weighted by Crippen LogP contribution is 2.24. The van der Waals surface area contributed by atoms with E-state index in [9.17, 15) is 0 Å². The van der Waals surface area contributed by atoms with Gasteiger partial charge in [-0.25, -0.2) is 0 Å². The maximum atomic E-state index is 3.73. The molecule has 2 aliphatic rings. The summed E-state index contributed by atoms with van der Waals surface area (Å²) in [6.07, 6.45) is 8.37. The number of nitrogens with zero attached hydrogens (tertiary/aromatic N) is 1. The molecule has 2 fully saturated rings. The van der Waals surface area contributed by atoms with Gasteiger partial charge in [0.2, 0.25) is 0 Å². The molecular weight excluding hydrogens is 196 g/mol. The lowest BCUT2D eigenvalue weighted by molar-refractivity contribution is 0.115. The van der Waals surface area contributed by atoms with Crippen molar-refractivity contribution < 1.29 is 0 Å². The number of piperidine rings is 2. The highest BCUT2D eigenvalue weighted by atomic mass is 15.2. The topological polar surface area (TPSA) is 15.3 Å². The average Bonchev–Trinajstić information content (AvgIpc) is 2.29. The first-order valence-corrected chi connectivity index (χ1v) is 7.19. The van der Waals surface area contributed by atoms with Crippen LogP contribution < -0.4 is 5.32 Å². The number of rotatable bonds is 3. The van der Waals surface area contributed by atoms with Gasteiger partial charge in [-0.2, -0.15) is 0 Å². The van der Waals surface area contributed by atoms with Crippen molar-refractivity contribution in [1.29, 1.82) is 0 Å². The van der Waals surface area contributed by atoms with Gasteiger partial charge in [-0.05, 0) is 51.6 Å². The van der Waals surface area contributed by atoms with Gasteiger partial charge in [0.05, 0.1) is 0 Å². The average molecular weight is 224 g/mol. The summed E-state index contributed by atoms with van der Waals surface area (Å²) in [6.45, 7) is 9.92. The first-order valence-electron chi connectivity index (χ1n) is 7.19. The predicted molar refractivity (Wildman–Crippen MR) is 69.7 cm³/mol. The van der Waals surface area contributed by atoms with Crippen molar-refractivity contribution in [3.05, 3.63) is 0 Å². The molecule has 0 spiro atoms. The Bertz CT molecular complexity index is 209. The van der Waals surface area contributed by atoms with E-state index in [1.807, 2.05) is 0 Å². The Hall–Kier alpha value is -0.0800. The Labute approximate surface area is 101 Å². The van der Waals surface area contributed by atoms with Gasteiger partial charge < -0.3 is 10.2 Å². The van der Waals surface area contributed by atoms with Crippen molar-refractivity contribution in [3.63, 3.8) is 0 Å². The zero-order valence-electron chi connectivity index (χ0n) is 11.1. The highest BCUT2D eigenvalue weighted by molar-refractivity contribution is 4.90. The fourth-order valence-electron chi connectivity index (χ4n) is 3.38.